The van der Waals surface area contributed by atoms with E-state index in [1.54, 1.807) is 0 Å². The number of rotatable bonds is 12. The fraction of sp³-hybridized carbons (Fsp3) is 0.217. The topological polar surface area (TPSA) is 29.5 Å². The molecule has 0 saturated heterocycles. The molecular weight excluding hydrogens is 617 g/mol. The smallest absolute Gasteiger partial charge is 0.175 e. The molecule has 6 aromatic carbocycles. The lowest BCUT2D eigenvalue weighted by Crippen LogP contribution is -2.10. The molecule has 0 saturated carbocycles. The largest absolute Gasteiger partial charge is 0.507 e. The van der Waals surface area contributed by atoms with Crippen molar-refractivity contribution in [1.82, 2.24) is 0 Å². The summed E-state index contributed by atoms with van der Waals surface area (Å²) in [4.78, 5) is 3.83. The number of unbranched alkanes of at least 4 members (excludes halogenated alkanes) is 3. The normalized spacial score (nSPS) is 11.8. The molecule has 6 rings (SSSR count). The van der Waals surface area contributed by atoms with Crippen LogP contribution in [-0.4, -0.2) is 11.7 Å². The fourth-order valence-corrected chi connectivity index (χ4v) is 9.23. The van der Waals surface area contributed by atoms with E-state index in [4.69, 9.17) is 4.74 Å². The van der Waals surface area contributed by atoms with Crippen molar-refractivity contribution in [2.24, 2.45) is 0 Å². The molecule has 0 aliphatic heterocycles. The maximum absolute atomic E-state index is 10.7. The molecule has 2 nitrogen and oxygen atoms in total. The second-order valence-electron chi connectivity index (χ2n) is 13.0. The molecule has 248 valence electrons. The molecule has 0 radical (unpaired) electrons. The van der Waals surface area contributed by atoms with Crippen LogP contribution in [0.1, 0.15) is 54.9 Å². The summed E-state index contributed by atoms with van der Waals surface area (Å²) in [7, 11) is -0.422. The van der Waals surface area contributed by atoms with Gasteiger partial charge in [-0.3, -0.25) is 0 Å². The van der Waals surface area contributed by atoms with Gasteiger partial charge in [-0.05, 0) is 115 Å². The average Bonchev–Trinajstić information content (AvgIpc) is 3.12. The van der Waals surface area contributed by atoms with Crippen LogP contribution in [0.5, 0.6) is 11.5 Å². The first kappa shape index (κ1) is 34.1. The van der Waals surface area contributed by atoms with Crippen LogP contribution in [0.3, 0.4) is 0 Å². The molecular formula is C46H47O2S+. The monoisotopic (exact) mass is 663 g/mol. The molecule has 1 N–H and O–H groups in total. The van der Waals surface area contributed by atoms with Gasteiger partial charge in [0.05, 0.1) is 17.5 Å². The van der Waals surface area contributed by atoms with Gasteiger partial charge in [-0.1, -0.05) is 105 Å². The molecule has 0 aromatic heterocycles. The van der Waals surface area contributed by atoms with E-state index in [0.717, 1.165) is 46.6 Å². The van der Waals surface area contributed by atoms with E-state index in [2.05, 4.69) is 148 Å². The second-order valence-corrected chi connectivity index (χ2v) is 15.0. The van der Waals surface area contributed by atoms with Crippen molar-refractivity contribution in [3.63, 3.8) is 0 Å². The van der Waals surface area contributed by atoms with Gasteiger partial charge in [0.1, 0.15) is 11.5 Å². The van der Waals surface area contributed by atoms with Crippen molar-refractivity contribution in [3.05, 3.63) is 150 Å². The number of aromatic hydroxyl groups is 1. The number of ether oxygens (including phenoxy) is 1. The van der Waals surface area contributed by atoms with Gasteiger partial charge in [0.15, 0.2) is 14.7 Å². The predicted octanol–water partition coefficient (Wildman–Crippen LogP) is 12.7. The molecule has 0 heterocycles. The van der Waals surface area contributed by atoms with Crippen LogP contribution in [0, 0.1) is 27.7 Å². The van der Waals surface area contributed by atoms with Crippen LogP contribution in [0.15, 0.2) is 142 Å². The minimum absolute atomic E-state index is 0.356. The summed E-state index contributed by atoms with van der Waals surface area (Å²) in [6.45, 7) is 11.3. The van der Waals surface area contributed by atoms with Gasteiger partial charge in [0, 0.05) is 23.3 Å². The lowest BCUT2D eigenvalue weighted by Gasteiger charge is -2.21. The maximum Gasteiger partial charge on any atom is 0.175 e. The lowest BCUT2D eigenvalue weighted by molar-refractivity contribution is 0.301. The van der Waals surface area contributed by atoms with Crippen molar-refractivity contribution >= 4 is 10.9 Å². The minimum Gasteiger partial charge on any atom is -0.507 e. The fourth-order valence-electron chi connectivity index (χ4n) is 6.81. The highest BCUT2D eigenvalue weighted by molar-refractivity contribution is 7.97. The summed E-state index contributed by atoms with van der Waals surface area (Å²) in [6.07, 6.45) is 4.76. The van der Waals surface area contributed by atoms with Gasteiger partial charge in [-0.25, -0.2) is 0 Å². The predicted molar refractivity (Wildman–Crippen MR) is 208 cm³/mol. The zero-order chi connectivity index (χ0) is 34.3. The van der Waals surface area contributed by atoms with Gasteiger partial charge >= 0.3 is 0 Å². The number of benzene rings is 6. The Hall–Kier alpha value is -4.73. The van der Waals surface area contributed by atoms with Gasteiger partial charge < -0.3 is 9.84 Å². The molecule has 0 fully saturated rings. The SMILES string of the molecule is CCCCCCOc1c(C)cc([S+](c2ccccc2)c2ccc(-c3cc(C)c(O)c(C)c3)c(-c3ccccc3)c2-c2ccccc2)cc1C. The molecule has 6 aromatic rings. The molecule has 0 spiro atoms. The zero-order valence-electron chi connectivity index (χ0n) is 29.4. The quantitative estimate of drug-likeness (QED) is 0.104. The van der Waals surface area contributed by atoms with E-state index in [-0.39, 0.29) is 0 Å². The first-order valence-corrected chi connectivity index (χ1v) is 18.7. The van der Waals surface area contributed by atoms with Crippen LogP contribution < -0.4 is 4.74 Å². The first-order chi connectivity index (χ1) is 23.9. The number of hydrogen-bond acceptors (Lipinski definition) is 2. The van der Waals surface area contributed by atoms with E-state index in [1.165, 1.54) is 61.8 Å². The van der Waals surface area contributed by atoms with E-state index in [1.807, 2.05) is 13.8 Å². The van der Waals surface area contributed by atoms with Gasteiger partial charge in [0.2, 0.25) is 0 Å². The molecule has 0 aliphatic rings. The Morgan fingerprint density at radius 3 is 1.65 bits per heavy atom. The van der Waals surface area contributed by atoms with E-state index >= 15 is 0 Å². The zero-order valence-corrected chi connectivity index (χ0v) is 30.2. The Morgan fingerprint density at radius 1 is 0.531 bits per heavy atom. The van der Waals surface area contributed by atoms with Crippen LogP contribution >= 0.6 is 0 Å². The minimum atomic E-state index is -0.422. The van der Waals surface area contributed by atoms with E-state index in [9.17, 15) is 5.11 Å². The highest BCUT2D eigenvalue weighted by Gasteiger charge is 2.35. The molecule has 49 heavy (non-hydrogen) atoms. The van der Waals surface area contributed by atoms with E-state index in [0.29, 0.717) is 5.75 Å². The summed E-state index contributed by atoms with van der Waals surface area (Å²) in [5.74, 6) is 1.37. The maximum atomic E-state index is 10.7. The highest BCUT2D eigenvalue weighted by atomic mass is 32.2. The van der Waals surface area contributed by atoms with Crippen molar-refractivity contribution < 1.29 is 9.84 Å². The van der Waals surface area contributed by atoms with Crippen molar-refractivity contribution in [3.8, 4) is 44.9 Å². The number of hydrogen-bond donors (Lipinski definition) is 1. The van der Waals surface area contributed by atoms with Crippen molar-refractivity contribution in [1.29, 1.82) is 0 Å². The number of phenols is 1. The Morgan fingerprint density at radius 2 is 1.08 bits per heavy atom. The number of aryl methyl sites for hydroxylation is 4. The van der Waals surface area contributed by atoms with Gasteiger partial charge in [0.25, 0.3) is 0 Å². The van der Waals surface area contributed by atoms with Crippen LogP contribution in [0.2, 0.25) is 0 Å². The molecule has 0 amide bonds. The molecule has 1 unspecified atom stereocenters. The first-order valence-electron chi connectivity index (χ1n) is 17.5. The third-order valence-electron chi connectivity index (χ3n) is 9.21. The molecule has 0 aliphatic carbocycles. The second kappa shape index (κ2) is 15.7. The summed E-state index contributed by atoms with van der Waals surface area (Å²) >= 11 is 0. The third kappa shape index (κ3) is 7.48. The average molecular weight is 664 g/mol. The summed E-state index contributed by atoms with van der Waals surface area (Å²) in [6, 6.07) is 46.1. The Balaban J connectivity index is 1.62. The van der Waals surface area contributed by atoms with Crippen molar-refractivity contribution in [2.75, 3.05) is 6.61 Å². The van der Waals surface area contributed by atoms with Crippen molar-refractivity contribution in [2.45, 2.75) is 75.0 Å². The van der Waals surface area contributed by atoms with E-state index < -0.39 is 10.9 Å². The Labute approximate surface area is 295 Å². The third-order valence-corrected chi connectivity index (χ3v) is 11.4. The van der Waals surface area contributed by atoms with Gasteiger partial charge in [-0.15, -0.1) is 0 Å². The highest BCUT2D eigenvalue weighted by Crippen LogP contribution is 2.48. The number of phenolic OH excluding ortho intramolecular Hbond substituents is 1. The molecule has 3 heteroatoms. The summed E-state index contributed by atoms with van der Waals surface area (Å²) in [5.41, 5.74) is 11.1. The molecule has 0 bridgehead atoms. The summed E-state index contributed by atoms with van der Waals surface area (Å²) in [5, 5.41) is 10.7. The van der Waals surface area contributed by atoms with Crippen LogP contribution in [0.4, 0.5) is 0 Å². The standard InChI is InChI=1S/C46H46O2S/c1-6-7-8-18-27-48-46-34(4)30-40(31-35(46)5)49(39-23-16-11-17-24-39)42-26-25-41(38-28-32(2)45(47)33(3)29-38)43(36-19-12-9-13-20-36)44(42)37-21-14-10-15-22-37/h9-17,19-26,28-31H,6-8,18,27H2,1-5H3/p+1. The molecule has 1 atom stereocenters. The van der Waals surface area contributed by atoms with Gasteiger partial charge in [-0.2, -0.15) is 0 Å². The van der Waals surface area contributed by atoms with Crippen LogP contribution in [-0.2, 0) is 10.9 Å². The lowest BCUT2D eigenvalue weighted by atomic mass is 9.86. The summed E-state index contributed by atoms with van der Waals surface area (Å²) < 4.78 is 6.41. The Kier molecular flexibility index (Phi) is 10.9. The van der Waals surface area contributed by atoms with Crippen LogP contribution in [0.25, 0.3) is 33.4 Å². The Bertz CT molecular complexity index is 1970.